The quantitative estimate of drug-likeness (QED) is 0.240. The third-order valence-corrected chi connectivity index (χ3v) is 6.63. The third kappa shape index (κ3) is 6.04. The first kappa shape index (κ1) is 24.8. The summed E-state index contributed by atoms with van der Waals surface area (Å²) in [6, 6.07) is 23.1. The van der Waals surface area contributed by atoms with E-state index in [4.69, 9.17) is 21.3 Å². The van der Waals surface area contributed by atoms with Gasteiger partial charge in [0.05, 0.1) is 23.7 Å². The maximum absolute atomic E-state index is 12.8. The molecule has 5 nitrogen and oxygen atoms in total. The Morgan fingerprint density at radius 2 is 1.74 bits per heavy atom. The van der Waals surface area contributed by atoms with Crippen LogP contribution in [0.15, 0.2) is 72.8 Å². The number of nitrogens with one attached hydrogen (secondary N) is 1. The lowest BCUT2D eigenvalue weighted by molar-refractivity contribution is 0.0937. The molecule has 0 aliphatic heterocycles. The molecule has 3 aromatic carbocycles. The molecular weight excluding hydrogens is 458 g/mol. The highest BCUT2D eigenvalue weighted by atomic mass is 35.5. The number of carbonyl (C=O) groups is 1. The van der Waals surface area contributed by atoms with Crippen molar-refractivity contribution in [3.8, 4) is 5.75 Å². The van der Waals surface area contributed by atoms with E-state index >= 15 is 0 Å². The minimum Gasteiger partial charge on any atom is -0.494 e. The number of nitrogens with zero attached hydrogens (tertiary/aromatic N) is 2. The Kier molecular flexibility index (Phi) is 8.09. The zero-order valence-corrected chi connectivity index (χ0v) is 21.3. The van der Waals surface area contributed by atoms with Gasteiger partial charge in [0.25, 0.3) is 5.91 Å². The molecule has 1 aromatic heterocycles. The molecule has 0 bridgehead atoms. The fourth-order valence-corrected chi connectivity index (χ4v) is 4.27. The molecule has 1 N–H and O–H groups in total. The van der Waals surface area contributed by atoms with Gasteiger partial charge >= 0.3 is 0 Å². The van der Waals surface area contributed by atoms with Crippen molar-refractivity contribution in [2.75, 3.05) is 6.61 Å². The molecule has 1 amide bonds. The summed E-state index contributed by atoms with van der Waals surface area (Å²) in [6.07, 6.45) is 1.94. The minimum atomic E-state index is -0.264. The number of ether oxygens (including phenoxy) is 1. The lowest BCUT2D eigenvalue weighted by atomic mass is 9.99. The van der Waals surface area contributed by atoms with E-state index in [-0.39, 0.29) is 11.9 Å². The van der Waals surface area contributed by atoms with Gasteiger partial charge in [-0.05, 0) is 79.8 Å². The smallest absolute Gasteiger partial charge is 0.251 e. The Labute approximate surface area is 212 Å². The van der Waals surface area contributed by atoms with Crippen LogP contribution in [0.5, 0.6) is 5.75 Å². The van der Waals surface area contributed by atoms with Crippen molar-refractivity contribution >= 4 is 28.5 Å². The standard InChI is InChI=1S/C29H32ClN3O2/c1-4-20(2)22-12-16-25(17-13-22)35-19-7-18-33-27-9-6-5-8-26(27)32-28(33)21(3)31-29(34)23-10-14-24(30)15-11-23/h5-6,8-17,20-21H,4,7,18-19H2,1-3H3,(H,31,34). The fraction of sp³-hybridized carbons (Fsp3) is 0.310. The van der Waals surface area contributed by atoms with Crippen LogP contribution in [0.4, 0.5) is 0 Å². The summed E-state index contributed by atoms with van der Waals surface area (Å²) in [5, 5.41) is 3.67. The van der Waals surface area contributed by atoms with Gasteiger partial charge in [-0.3, -0.25) is 4.79 Å². The second kappa shape index (κ2) is 11.4. The maximum atomic E-state index is 12.8. The molecule has 0 saturated heterocycles. The first-order valence-corrected chi connectivity index (χ1v) is 12.6. The highest BCUT2D eigenvalue weighted by Crippen LogP contribution is 2.23. The lowest BCUT2D eigenvalue weighted by Gasteiger charge is -2.17. The number of fused-ring (bicyclic) bond motifs is 1. The van der Waals surface area contributed by atoms with Crippen molar-refractivity contribution in [1.29, 1.82) is 0 Å². The van der Waals surface area contributed by atoms with Crippen molar-refractivity contribution in [2.24, 2.45) is 0 Å². The van der Waals surface area contributed by atoms with Crippen LogP contribution in [0.25, 0.3) is 11.0 Å². The molecule has 2 unspecified atom stereocenters. The molecule has 0 saturated carbocycles. The predicted molar refractivity (Wildman–Crippen MR) is 142 cm³/mol. The number of rotatable bonds is 10. The molecule has 0 fully saturated rings. The van der Waals surface area contributed by atoms with E-state index in [1.165, 1.54) is 5.56 Å². The molecule has 35 heavy (non-hydrogen) atoms. The van der Waals surface area contributed by atoms with Crippen molar-refractivity contribution in [3.05, 3.63) is 94.8 Å². The largest absolute Gasteiger partial charge is 0.494 e. The Morgan fingerprint density at radius 1 is 1.03 bits per heavy atom. The molecule has 6 heteroatoms. The number of amides is 1. The Balaban J connectivity index is 1.42. The molecule has 0 aliphatic rings. The highest BCUT2D eigenvalue weighted by molar-refractivity contribution is 6.30. The molecule has 1 heterocycles. The molecule has 0 aliphatic carbocycles. The van der Waals surface area contributed by atoms with Crippen molar-refractivity contribution in [3.63, 3.8) is 0 Å². The predicted octanol–water partition coefficient (Wildman–Crippen LogP) is 7.16. The summed E-state index contributed by atoms with van der Waals surface area (Å²) in [7, 11) is 0. The highest BCUT2D eigenvalue weighted by Gasteiger charge is 2.19. The molecule has 4 rings (SSSR count). The van der Waals surface area contributed by atoms with Gasteiger partial charge in [-0.2, -0.15) is 0 Å². The SMILES string of the molecule is CCC(C)c1ccc(OCCCn2c(C(C)NC(=O)c3ccc(Cl)cc3)nc3ccccc32)cc1. The molecular formula is C29H32ClN3O2. The van der Waals surface area contributed by atoms with E-state index in [9.17, 15) is 4.79 Å². The summed E-state index contributed by atoms with van der Waals surface area (Å²) in [5.74, 6) is 2.11. The van der Waals surface area contributed by atoms with Crippen molar-refractivity contribution < 1.29 is 9.53 Å². The van der Waals surface area contributed by atoms with Crippen LogP contribution in [0.3, 0.4) is 0 Å². The number of imidazole rings is 1. The average Bonchev–Trinajstić information content (AvgIpc) is 3.25. The normalized spacial score (nSPS) is 12.9. The molecule has 2 atom stereocenters. The Morgan fingerprint density at radius 3 is 2.46 bits per heavy atom. The van der Waals surface area contributed by atoms with E-state index in [0.717, 1.165) is 42.0 Å². The van der Waals surface area contributed by atoms with Gasteiger partial charge in [0, 0.05) is 17.1 Å². The Bertz CT molecular complexity index is 1270. The number of hydrogen-bond acceptors (Lipinski definition) is 3. The summed E-state index contributed by atoms with van der Waals surface area (Å²) >= 11 is 5.95. The van der Waals surface area contributed by atoms with E-state index in [1.54, 1.807) is 24.3 Å². The summed E-state index contributed by atoms with van der Waals surface area (Å²) in [5.41, 5.74) is 3.87. The number of aryl methyl sites for hydroxylation is 1. The maximum Gasteiger partial charge on any atom is 0.251 e. The Hall–Kier alpha value is -3.31. The van der Waals surface area contributed by atoms with Gasteiger partial charge in [-0.1, -0.05) is 49.7 Å². The first-order chi connectivity index (χ1) is 17.0. The van der Waals surface area contributed by atoms with Crippen LogP contribution in [0.1, 0.15) is 67.3 Å². The van der Waals surface area contributed by atoms with Crippen LogP contribution in [-0.4, -0.2) is 22.1 Å². The van der Waals surface area contributed by atoms with Gasteiger partial charge < -0.3 is 14.6 Å². The molecule has 182 valence electrons. The number of aromatic nitrogens is 2. The average molecular weight is 490 g/mol. The molecule has 0 spiro atoms. The van der Waals surface area contributed by atoms with E-state index in [0.29, 0.717) is 23.1 Å². The van der Waals surface area contributed by atoms with Crippen LogP contribution >= 0.6 is 11.6 Å². The second-order valence-electron chi connectivity index (χ2n) is 8.89. The molecule has 0 radical (unpaired) electrons. The minimum absolute atomic E-state index is 0.156. The van der Waals surface area contributed by atoms with Crippen LogP contribution < -0.4 is 10.1 Å². The van der Waals surface area contributed by atoms with Gasteiger partial charge in [0.15, 0.2) is 0 Å². The van der Waals surface area contributed by atoms with E-state index in [2.05, 4.69) is 41.9 Å². The first-order valence-electron chi connectivity index (χ1n) is 12.2. The lowest BCUT2D eigenvalue weighted by Crippen LogP contribution is -2.28. The van der Waals surface area contributed by atoms with Gasteiger partial charge in [-0.15, -0.1) is 0 Å². The summed E-state index contributed by atoms with van der Waals surface area (Å²) in [4.78, 5) is 17.6. The van der Waals surface area contributed by atoms with E-state index < -0.39 is 0 Å². The third-order valence-electron chi connectivity index (χ3n) is 6.38. The zero-order valence-electron chi connectivity index (χ0n) is 20.5. The van der Waals surface area contributed by atoms with Crippen molar-refractivity contribution in [2.45, 2.75) is 52.1 Å². The van der Waals surface area contributed by atoms with Gasteiger partial charge in [0.1, 0.15) is 11.6 Å². The number of hydrogen-bond donors (Lipinski definition) is 1. The summed E-state index contributed by atoms with van der Waals surface area (Å²) < 4.78 is 8.18. The van der Waals surface area contributed by atoms with Crippen molar-refractivity contribution in [1.82, 2.24) is 14.9 Å². The second-order valence-corrected chi connectivity index (χ2v) is 9.33. The topological polar surface area (TPSA) is 56.1 Å². The number of benzene rings is 3. The van der Waals surface area contributed by atoms with Gasteiger partial charge in [-0.25, -0.2) is 4.98 Å². The molecule has 4 aromatic rings. The fourth-order valence-electron chi connectivity index (χ4n) is 4.15. The van der Waals surface area contributed by atoms with Gasteiger partial charge in [0.2, 0.25) is 0 Å². The number of para-hydroxylation sites is 2. The zero-order chi connectivity index (χ0) is 24.8. The van der Waals surface area contributed by atoms with Crippen LogP contribution in [0.2, 0.25) is 5.02 Å². The number of halogens is 1. The monoisotopic (exact) mass is 489 g/mol. The van der Waals surface area contributed by atoms with E-state index in [1.807, 2.05) is 37.3 Å². The number of carbonyl (C=O) groups excluding carboxylic acids is 1. The van der Waals surface area contributed by atoms with Crippen LogP contribution in [0, 0.1) is 0 Å². The van der Waals surface area contributed by atoms with Crippen LogP contribution in [-0.2, 0) is 6.54 Å². The summed E-state index contributed by atoms with van der Waals surface area (Å²) in [6.45, 7) is 7.73.